The number of sulfonamides is 1. The molecule has 1 fully saturated rings. The Bertz CT molecular complexity index is 945. The molecule has 0 unspecified atom stereocenters. The molecule has 0 saturated carbocycles. The van der Waals surface area contributed by atoms with Gasteiger partial charge in [0.2, 0.25) is 10.0 Å². The van der Waals surface area contributed by atoms with Gasteiger partial charge >= 0.3 is 0 Å². The van der Waals surface area contributed by atoms with Crippen LogP contribution in [-0.4, -0.2) is 43.8 Å². The van der Waals surface area contributed by atoms with Gasteiger partial charge in [-0.2, -0.15) is 4.31 Å². The van der Waals surface area contributed by atoms with Crippen LogP contribution in [0.4, 0.5) is 0 Å². The number of hydrogen-bond acceptors (Lipinski definition) is 3. The normalized spacial score (nSPS) is 22.9. The lowest BCUT2D eigenvalue weighted by atomic mass is 9.88. The van der Waals surface area contributed by atoms with E-state index in [1.54, 1.807) is 23.5 Å². The molecule has 142 valence electrons. The van der Waals surface area contributed by atoms with Gasteiger partial charge in [0.1, 0.15) is 0 Å². The van der Waals surface area contributed by atoms with Crippen molar-refractivity contribution in [3.05, 3.63) is 71.3 Å². The summed E-state index contributed by atoms with van der Waals surface area (Å²) < 4.78 is 28.4. The van der Waals surface area contributed by atoms with Gasteiger partial charge < -0.3 is 0 Å². The second kappa shape index (κ2) is 7.23. The molecule has 0 N–H and O–H groups in total. The Hall–Kier alpha value is -1.95. The maximum Gasteiger partial charge on any atom is 0.243 e. The molecule has 2 aromatic rings. The summed E-state index contributed by atoms with van der Waals surface area (Å²) in [6.45, 7) is 4.00. The molecular formula is C22H26N2O2S. The Morgan fingerprint density at radius 1 is 1.00 bits per heavy atom. The van der Waals surface area contributed by atoms with Crippen molar-refractivity contribution < 1.29 is 8.42 Å². The van der Waals surface area contributed by atoms with Crippen molar-refractivity contribution in [2.24, 2.45) is 0 Å². The van der Waals surface area contributed by atoms with Gasteiger partial charge in [-0.3, -0.25) is 4.90 Å². The minimum Gasteiger partial charge on any atom is -0.295 e. The Kier molecular flexibility index (Phi) is 4.93. The largest absolute Gasteiger partial charge is 0.295 e. The molecule has 0 radical (unpaired) electrons. The fourth-order valence-corrected chi connectivity index (χ4v) is 5.57. The van der Waals surface area contributed by atoms with Crippen LogP contribution in [0.25, 0.3) is 6.08 Å². The molecule has 0 bridgehead atoms. The molecule has 27 heavy (non-hydrogen) atoms. The van der Waals surface area contributed by atoms with Crippen LogP contribution in [0, 0.1) is 6.92 Å². The minimum absolute atomic E-state index is 0.0626. The van der Waals surface area contributed by atoms with Gasteiger partial charge in [-0.25, -0.2) is 8.42 Å². The number of nitrogens with zero attached hydrogens (tertiary/aromatic N) is 2. The van der Waals surface area contributed by atoms with E-state index in [0.29, 0.717) is 4.90 Å². The van der Waals surface area contributed by atoms with Crippen molar-refractivity contribution in [3.63, 3.8) is 0 Å². The lowest BCUT2D eigenvalue weighted by Gasteiger charge is -2.40. The van der Waals surface area contributed by atoms with Crippen molar-refractivity contribution in [2.45, 2.75) is 36.7 Å². The molecule has 4 rings (SSSR count). The highest BCUT2D eigenvalue weighted by atomic mass is 32.2. The van der Waals surface area contributed by atoms with E-state index in [2.05, 4.69) is 29.2 Å². The number of aryl methyl sites for hydroxylation is 1. The summed E-state index contributed by atoms with van der Waals surface area (Å²) in [4.78, 5) is 2.76. The van der Waals surface area contributed by atoms with E-state index in [1.807, 2.05) is 31.2 Å². The molecule has 1 aliphatic carbocycles. The van der Waals surface area contributed by atoms with Gasteiger partial charge in [-0.15, -0.1) is 0 Å². The highest BCUT2D eigenvalue weighted by Gasteiger charge is 2.39. The Balaban J connectivity index is 1.77. The van der Waals surface area contributed by atoms with E-state index >= 15 is 0 Å². The molecule has 1 heterocycles. The zero-order valence-electron chi connectivity index (χ0n) is 15.9. The second-order valence-electron chi connectivity index (χ2n) is 7.50. The topological polar surface area (TPSA) is 40.6 Å². The quantitative estimate of drug-likeness (QED) is 0.806. The van der Waals surface area contributed by atoms with Crippen molar-refractivity contribution in [2.75, 3.05) is 20.1 Å². The molecule has 2 atom stereocenters. The number of benzene rings is 2. The minimum atomic E-state index is -3.59. The molecule has 2 aromatic carbocycles. The standard InChI is InChI=1S/C22H26N2O2S/c1-17-9-12-19(13-10-17)27(25,26)23(2)22-20-8-4-3-7-18(20)11-14-21(22)24-15-5-6-16-24/h3-4,7-14,21-22H,5-6,15-16H2,1-2H3/t21-,22+/m0/s1. The van der Waals surface area contributed by atoms with Crippen LogP contribution in [0.15, 0.2) is 59.5 Å². The number of fused-ring (bicyclic) bond motifs is 1. The number of likely N-dealkylation sites (N-methyl/N-ethyl adjacent to an activating group) is 1. The Morgan fingerprint density at radius 2 is 1.67 bits per heavy atom. The number of hydrogen-bond donors (Lipinski definition) is 0. The van der Waals surface area contributed by atoms with Gasteiger partial charge in [-0.05, 0) is 56.1 Å². The summed E-state index contributed by atoms with van der Waals surface area (Å²) in [7, 11) is -1.87. The van der Waals surface area contributed by atoms with E-state index in [-0.39, 0.29) is 12.1 Å². The lowest BCUT2D eigenvalue weighted by molar-refractivity contribution is 0.191. The predicted octanol–water partition coefficient (Wildman–Crippen LogP) is 3.85. The fraction of sp³-hybridized carbons (Fsp3) is 0.364. The first-order chi connectivity index (χ1) is 13.0. The first kappa shape index (κ1) is 18.4. The summed E-state index contributed by atoms with van der Waals surface area (Å²) in [5.41, 5.74) is 3.23. The first-order valence-electron chi connectivity index (χ1n) is 9.54. The zero-order valence-corrected chi connectivity index (χ0v) is 16.7. The summed E-state index contributed by atoms with van der Waals surface area (Å²) in [5, 5.41) is 0. The highest BCUT2D eigenvalue weighted by molar-refractivity contribution is 7.89. The van der Waals surface area contributed by atoms with Gasteiger partial charge in [0.25, 0.3) is 0 Å². The summed E-state index contributed by atoms with van der Waals surface area (Å²) in [6, 6.07) is 15.1. The van der Waals surface area contributed by atoms with E-state index in [1.165, 1.54) is 12.8 Å². The van der Waals surface area contributed by atoms with Crippen LogP contribution >= 0.6 is 0 Å². The van der Waals surface area contributed by atoms with Crippen LogP contribution in [0.3, 0.4) is 0 Å². The lowest BCUT2D eigenvalue weighted by Crippen LogP contribution is -2.46. The van der Waals surface area contributed by atoms with Crippen LogP contribution in [0.1, 0.15) is 35.6 Å². The van der Waals surface area contributed by atoms with Crippen molar-refractivity contribution in [1.29, 1.82) is 0 Å². The SMILES string of the molecule is Cc1ccc(S(=O)(=O)N(C)[C@@H]2c3ccccc3C=C[C@@H]2N2CCCC2)cc1. The Labute approximate surface area is 162 Å². The van der Waals surface area contributed by atoms with Crippen molar-refractivity contribution >= 4 is 16.1 Å². The van der Waals surface area contributed by atoms with Gasteiger partial charge in [-0.1, -0.05) is 54.1 Å². The average molecular weight is 383 g/mol. The molecule has 1 saturated heterocycles. The van der Waals surface area contributed by atoms with Gasteiger partial charge in [0.05, 0.1) is 10.9 Å². The fourth-order valence-electron chi connectivity index (χ4n) is 4.22. The van der Waals surface area contributed by atoms with Crippen LogP contribution in [0.2, 0.25) is 0 Å². The molecule has 0 spiro atoms. The maximum atomic E-state index is 13.4. The van der Waals surface area contributed by atoms with Crippen LogP contribution in [0.5, 0.6) is 0 Å². The van der Waals surface area contributed by atoms with E-state index in [9.17, 15) is 8.42 Å². The van der Waals surface area contributed by atoms with E-state index < -0.39 is 10.0 Å². The second-order valence-corrected chi connectivity index (χ2v) is 9.50. The molecule has 4 nitrogen and oxygen atoms in total. The van der Waals surface area contributed by atoms with Crippen molar-refractivity contribution in [1.82, 2.24) is 9.21 Å². The highest BCUT2D eigenvalue weighted by Crippen LogP contribution is 2.38. The van der Waals surface area contributed by atoms with Crippen LogP contribution < -0.4 is 0 Å². The average Bonchev–Trinajstić information content (AvgIpc) is 3.21. The maximum absolute atomic E-state index is 13.4. The van der Waals surface area contributed by atoms with E-state index in [0.717, 1.165) is 29.8 Å². The zero-order chi connectivity index (χ0) is 19.0. The first-order valence-corrected chi connectivity index (χ1v) is 11.0. The molecule has 1 aliphatic heterocycles. The molecule has 0 aromatic heterocycles. The van der Waals surface area contributed by atoms with E-state index in [4.69, 9.17) is 0 Å². The molecule has 2 aliphatic rings. The number of likely N-dealkylation sites (tertiary alicyclic amines) is 1. The van der Waals surface area contributed by atoms with Gasteiger partial charge in [0.15, 0.2) is 0 Å². The van der Waals surface area contributed by atoms with Gasteiger partial charge in [0, 0.05) is 13.1 Å². The smallest absolute Gasteiger partial charge is 0.243 e. The molecule has 5 heteroatoms. The summed E-state index contributed by atoms with van der Waals surface area (Å²) in [6.07, 6.45) is 6.67. The third-order valence-electron chi connectivity index (χ3n) is 5.76. The third kappa shape index (κ3) is 3.35. The molecule has 0 amide bonds. The molecular weight excluding hydrogens is 356 g/mol. The summed E-state index contributed by atoms with van der Waals surface area (Å²) in [5.74, 6) is 0. The van der Waals surface area contributed by atoms with Crippen molar-refractivity contribution in [3.8, 4) is 0 Å². The van der Waals surface area contributed by atoms with Crippen LogP contribution in [-0.2, 0) is 10.0 Å². The summed E-state index contributed by atoms with van der Waals surface area (Å²) >= 11 is 0. The number of rotatable bonds is 4. The monoisotopic (exact) mass is 382 g/mol. The third-order valence-corrected chi connectivity index (χ3v) is 7.62. The predicted molar refractivity (Wildman–Crippen MR) is 109 cm³/mol. The Morgan fingerprint density at radius 3 is 2.37 bits per heavy atom.